The summed E-state index contributed by atoms with van der Waals surface area (Å²) in [5.74, 6) is 2.44. The zero-order valence-corrected chi connectivity index (χ0v) is 13.9. The average molecular weight is 329 g/mol. The van der Waals surface area contributed by atoms with Crippen molar-refractivity contribution in [3.8, 4) is 11.4 Å². The fourth-order valence-corrected chi connectivity index (χ4v) is 3.59. The van der Waals surface area contributed by atoms with Crippen LogP contribution in [0.1, 0.15) is 37.5 Å². The number of hydrogen-bond donors (Lipinski definition) is 1. The van der Waals surface area contributed by atoms with Crippen molar-refractivity contribution in [3.05, 3.63) is 30.1 Å². The molecule has 0 spiro atoms. The molecule has 0 amide bonds. The first-order valence-electron chi connectivity index (χ1n) is 8.59. The van der Waals surface area contributed by atoms with Crippen LogP contribution in [0, 0.1) is 5.92 Å². The number of aliphatic hydroxyl groups is 1. The number of benzene rings is 1. The molecular formula is C17H23N5O2. The monoisotopic (exact) mass is 329 g/mol. The van der Waals surface area contributed by atoms with Crippen molar-refractivity contribution in [1.82, 2.24) is 25.1 Å². The number of aliphatic hydroxyl groups excluding tert-OH is 1. The third kappa shape index (κ3) is 2.89. The fourth-order valence-electron chi connectivity index (χ4n) is 3.59. The lowest BCUT2D eigenvalue weighted by molar-refractivity contribution is 0.120. The predicted molar refractivity (Wildman–Crippen MR) is 88.0 cm³/mol. The highest BCUT2D eigenvalue weighted by Crippen LogP contribution is 2.40. The summed E-state index contributed by atoms with van der Waals surface area (Å²) in [7, 11) is 1.65. The Balaban J connectivity index is 1.62. The number of aromatic nitrogens is 4. The van der Waals surface area contributed by atoms with Gasteiger partial charge in [-0.15, -0.1) is 5.10 Å². The van der Waals surface area contributed by atoms with Crippen molar-refractivity contribution < 1.29 is 9.84 Å². The quantitative estimate of drug-likeness (QED) is 0.867. The molecule has 1 aliphatic heterocycles. The first kappa shape index (κ1) is 15.5. The molecule has 1 aromatic carbocycles. The molecule has 1 saturated heterocycles. The maximum atomic E-state index is 9.72. The normalized spacial score (nSPS) is 24.4. The predicted octanol–water partition coefficient (Wildman–Crippen LogP) is 1.58. The molecule has 1 aliphatic carbocycles. The highest BCUT2D eigenvalue weighted by molar-refractivity contribution is 5.37. The van der Waals surface area contributed by atoms with Crippen LogP contribution in [0.4, 0.5) is 0 Å². The van der Waals surface area contributed by atoms with Crippen LogP contribution < -0.4 is 4.74 Å². The first-order chi connectivity index (χ1) is 11.8. The summed E-state index contributed by atoms with van der Waals surface area (Å²) in [5.41, 5.74) is 0.926. The van der Waals surface area contributed by atoms with E-state index in [4.69, 9.17) is 4.74 Å². The van der Waals surface area contributed by atoms with Gasteiger partial charge in [0.25, 0.3) is 0 Å². The van der Waals surface area contributed by atoms with Crippen LogP contribution >= 0.6 is 0 Å². The van der Waals surface area contributed by atoms with Gasteiger partial charge in [-0.2, -0.15) is 4.68 Å². The molecule has 2 aromatic rings. The number of methoxy groups -OCH3 is 1. The van der Waals surface area contributed by atoms with Gasteiger partial charge in [0, 0.05) is 12.6 Å². The van der Waals surface area contributed by atoms with E-state index < -0.39 is 0 Å². The Hall–Kier alpha value is -1.99. The van der Waals surface area contributed by atoms with E-state index in [0.29, 0.717) is 0 Å². The van der Waals surface area contributed by atoms with Gasteiger partial charge in [-0.05, 0) is 66.3 Å². The van der Waals surface area contributed by atoms with E-state index >= 15 is 0 Å². The minimum atomic E-state index is 0.167. The van der Waals surface area contributed by atoms with E-state index in [2.05, 4.69) is 20.4 Å². The maximum Gasteiger partial charge on any atom is 0.173 e. The molecule has 0 unspecified atom stereocenters. The Labute approximate surface area is 141 Å². The highest BCUT2D eigenvalue weighted by atomic mass is 16.5. The van der Waals surface area contributed by atoms with Gasteiger partial charge in [0.2, 0.25) is 0 Å². The Morgan fingerprint density at radius 1 is 1.17 bits per heavy atom. The van der Waals surface area contributed by atoms with E-state index in [9.17, 15) is 5.11 Å². The van der Waals surface area contributed by atoms with Gasteiger partial charge >= 0.3 is 0 Å². The van der Waals surface area contributed by atoms with Crippen LogP contribution in [-0.2, 0) is 0 Å². The molecule has 1 saturated carbocycles. The molecule has 1 N–H and O–H groups in total. The maximum absolute atomic E-state index is 9.72. The molecule has 2 heterocycles. The Bertz CT molecular complexity index is 683. The summed E-state index contributed by atoms with van der Waals surface area (Å²) in [6, 6.07) is 8.13. The van der Waals surface area contributed by atoms with Gasteiger partial charge in [0.1, 0.15) is 5.75 Å². The van der Waals surface area contributed by atoms with Gasteiger partial charge in [0.05, 0.1) is 25.4 Å². The van der Waals surface area contributed by atoms with Crippen LogP contribution in [-0.4, -0.2) is 56.5 Å². The second-order valence-electron chi connectivity index (χ2n) is 6.72. The molecule has 7 nitrogen and oxygen atoms in total. The first-order valence-corrected chi connectivity index (χ1v) is 8.59. The molecule has 1 aromatic heterocycles. The smallest absolute Gasteiger partial charge is 0.173 e. The topological polar surface area (TPSA) is 76.3 Å². The molecular weight excluding hydrogens is 306 g/mol. The summed E-state index contributed by atoms with van der Waals surface area (Å²) in [6.45, 7) is 1.23. The van der Waals surface area contributed by atoms with Gasteiger partial charge in [-0.25, -0.2) is 0 Å². The van der Waals surface area contributed by atoms with Crippen LogP contribution in [0.5, 0.6) is 5.75 Å². The van der Waals surface area contributed by atoms with Crippen LogP contribution in [0.25, 0.3) is 5.69 Å². The number of rotatable bonds is 6. The second-order valence-corrected chi connectivity index (χ2v) is 6.72. The number of likely N-dealkylation sites (tertiary alicyclic amines) is 1. The highest BCUT2D eigenvalue weighted by Gasteiger charge is 2.40. The SMILES string of the molecule is COc1ccc(-n2nnnc2[C@@H]2CC[C@@H](CO)N2CC2CC2)cc1. The molecule has 0 radical (unpaired) electrons. The van der Waals surface area contributed by atoms with Crippen molar-refractivity contribution >= 4 is 0 Å². The van der Waals surface area contributed by atoms with E-state index in [0.717, 1.165) is 42.6 Å². The lowest BCUT2D eigenvalue weighted by atomic mass is 10.2. The largest absolute Gasteiger partial charge is 0.497 e. The molecule has 128 valence electrons. The van der Waals surface area contributed by atoms with Crippen LogP contribution in [0.2, 0.25) is 0 Å². The molecule has 2 fully saturated rings. The molecule has 2 aliphatic rings. The number of ether oxygens (including phenoxy) is 1. The van der Waals surface area contributed by atoms with E-state index in [1.807, 2.05) is 28.9 Å². The van der Waals surface area contributed by atoms with Gasteiger partial charge < -0.3 is 9.84 Å². The Morgan fingerprint density at radius 2 is 1.96 bits per heavy atom. The summed E-state index contributed by atoms with van der Waals surface area (Å²) in [6.07, 6.45) is 4.56. The summed E-state index contributed by atoms with van der Waals surface area (Å²) in [5, 5.41) is 22.1. The van der Waals surface area contributed by atoms with Crippen molar-refractivity contribution in [1.29, 1.82) is 0 Å². The summed E-state index contributed by atoms with van der Waals surface area (Å²) >= 11 is 0. The molecule has 0 bridgehead atoms. The molecule has 7 heteroatoms. The van der Waals surface area contributed by atoms with E-state index in [-0.39, 0.29) is 18.7 Å². The van der Waals surface area contributed by atoms with Crippen molar-refractivity contribution in [3.63, 3.8) is 0 Å². The van der Waals surface area contributed by atoms with Crippen molar-refractivity contribution in [2.75, 3.05) is 20.3 Å². The minimum Gasteiger partial charge on any atom is -0.497 e. The fraction of sp³-hybridized carbons (Fsp3) is 0.588. The van der Waals surface area contributed by atoms with Crippen LogP contribution in [0.15, 0.2) is 24.3 Å². The third-order valence-corrected chi connectivity index (χ3v) is 5.13. The Morgan fingerprint density at radius 3 is 2.62 bits per heavy atom. The number of hydrogen-bond acceptors (Lipinski definition) is 6. The van der Waals surface area contributed by atoms with E-state index in [1.165, 1.54) is 12.8 Å². The molecule has 24 heavy (non-hydrogen) atoms. The van der Waals surface area contributed by atoms with Crippen LogP contribution in [0.3, 0.4) is 0 Å². The Kier molecular flexibility index (Phi) is 4.20. The summed E-state index contributed by atoms with van der Waals surface area (Å²) < 4.78 is 7.03. The molecule has 4 rings (SSSR count). The van der Waals surface area contributed by atoms with Crippen molar-refractivity contribution in [2.24, 2.45) is 5.92 Å². The number of nitrogens with zero attached hydrogens (tertiary/aromatic N) is 5. The van der Waals surface area contributed by atoms with Gasteiger partial charge in [0.15, 0.2) is 5.82 Å². The lowest BCUT2D eigenvalue weighted by Crippen LogP contribution is -2.36. The lowest BCUT2D eigenvalue weighted by Gasteiger charge is -2.28. The second kappa shape index (κ2) is 6.49. The van der Waals surface area contributed by atoms with Crippen molar-refractivity contribution in [2.45, 2.75) is 37.8 Å². The van der Waals surface area contributed by atoms with Gasteiger partial charge in [-0.3, -0.25) is 4.90 Å². The zero-order chi connectivity index (χ0) is 16.5. The standard InChI is InChI=1S/C17H23N5O2/c1-24-15-7-4-13(5-8-15)22-17(18-19-20-22)16-9-6-14(11-23)21(16)10-12-2-3-12/h4-5,7-8,12,14,16,23H,2-3,6,9-11H2,1H3/t14-,16-/m0/s1. The third-order valence-electron chi connectivity index (χ3n) is 5.13. The number of tetrazole rings is 1. The summed E-state index contributed by atoms with van der Waals surface area (Å²) in [4.78, 5) is 2.41. The zero-order valence-electron chi connectivity index (χ0n) is 13.9. The minimum absolute atomic E-state index is 0.167. The molecule has 2 atom stereocenters. The van der Waals surface area contributed by atoms with Gasteiger partial charge in [-0.1, -0.05) is 0 Å². The van der Waals surface area contributed by atoms with E-state index in [1.54, 1.807) is 7.11 Å². The average Bonchev–Trinajstić information content (AvgIpc) is 3.16.